The van der Waals surface area contributed by atoms with Gasteiger partial charge >= 0.3 is 23.9 Å². The van der Waals surface area contributed by atoms with Crippen molar-refractivity contribution < 1.29 is 42.9 Å². The van der Waals surface area contributed by atoms with Gasteiger partial charge in [0.25, 0.3) is 0 Å². The van der Waals surface area contributed by atoms with Gasteiger partial charge in [-0.3, -0.25) is 19.2 Å². The van der Waals surface area contributed by atoms with Crippen LogP contribution in [0, 0.1) is 10.8 Å². The molecule has 0 saturated carbocycles. The lowest BCUT2D eigenvalue weighted by molar-refractivity contribution is -0.174. The van der Waals surface area contributed by atoms with Gasteiger partial charge in [0.05, 0.1) is 26.4 Å². The van der Waals surface area contributed by atoms with E-state index in [1.807, 2.05) is 0 Å². The summed E-state index contributed by atoms with van der Waals surface area (Å²) in [6, 6.07) is 0. The molecule has 0 aromatic rings. The minimum atomic E-state index is -1.84. The number of hydrogen-bond acceptors (Lipinski definition) is 9. The number of esters is 4. The second-order valence-corrected chi connectivity index (χ2v) is 7.81. The maximum atomic E-state index is 12.7. The van der Waals surface area contributed by atoms with Gasteiger partial charge in [0.1, 0.15) is 6.29 Å². The van der Waals surface area contributed by atoms with E-state index in [1.54, 1.807) is 27.7 Å². The Morgan fingerprint density at radius 3 is 1.31 bits per heavy atom. The van der Waals surface area contributed by atoms with Gasteiger partial charge in [0, 0.05) is 10.8 Å². The van der Waals surface area contributed by atoms with Crippen LogP contribution in [0.4, 0.5) is 0 Å². The van der Waals surface area contributed by atoms with E-state index in [9.17, 15) is 24.0 Å². The maximum Gasteiger partial charge on any atom is 0.324 e. The van der Waals surface area contributed by atoms with Crippen LogP contribution in [0.25, 0.3) is 0 Å². The van der Waals surface area contributed by atoms with Crippen LogP contribution >= 0.6 is 22.6 Å². The van der Waals surface area contributed by atoms with E-state index in [4.69, 9.17) is 18.9 Å². The Balaban J connectivity index is 5.99. The van der Waals surface area contributed by atoms with Crippen molar-refractivity contribution in [1.29, 1.82) is 0 Å². The summed E-state index contributed by atoms with van der Waals surface area (Å²) in [7, 11) is 0. The second-order valence-electron chi connectivity index (χ2n) is 6.74. The van der Waals surface area contributed by atoms with Crippen molar-refractivity contribution in [3.05, 3.63) is 12.2 Å². The Kier molecular flexibility index (Phi) is 14.8. The minimum absolute atomic E-state index is 0.0209. The first kappa shape index (κ1) is 30.0. The fourth-order valence-electron chi connectivity index (χ4n) is 3.01. The predicted molar refractivity (Wildman–Crippen MR) is 124 cm³/mol. The number of allylic oxidation sites excluding steroid dienone is 2. The Hall–Kier alpha value is -1.98. The Morgan fingerprint density at radius 1 is 0.656 bits per heavy atom. The fraction of sp³-hybridized carbons (Fsp3) is 0.682. The van der Waals surface area contributed by atoms with Gasteiger partial charge in [-0.25, -0.2) is 0 Å². The Bertz CT molecular complexity index is 636. The molecule has 32 heavy (non-hydrogen) atoms. The highest BCUT2D eigenvalue weighted by atomic mass is 127. The quantitative estimate of drug-likeness (QED) is 0.0526. The monoisotopic (exact) mass is 568 g/mol. The SMILES string of the molecule is CCOC(=O)C(CC=O)(C/C=C/CC(CCI)(C(=O)OCC)C(=O)OCC)C(=O)OCC. The van der Waals surface area contributed by atoms with E-state index in [0.29, 0.717) is 10.7 Å². The van der Waals surface area contributed by atoms with Crippen LogP contribution in [-0.4, -0.2) is 61.0 Å². The summed E-state index contributed by atoms with van der Waals surface area (Å²) in [5.41, 5.74) is -3.39. The van der Waals surface area contributed by atoms with Gasteiger partial charge < -0.3 is 23.7 Å². The zero-order valence-corrected chi connectivity index (χ0v) is 21.3. The van der Waals surface area contributed by atoms with Crippen molar-refractivity contribution in [3.63, 3.8) is 0 Å². The Labute approximate surface area is 202 Å². The summed E-state index contributed by atoms with van der Waals surface area (Å²) >= 11 is 2.06. The molecular weight excluding hydrogens is 535 g/mol. The van der Waals surface area contributed by atoms with Crippen LogP contribution in [0.15, 0.2) is 12.2 Å². The molecule has 0 amide bonds. The van der Waals surface area contributed by atoms with Crippen LogP contribution in [0.2, 0.25) is 0 Å². The van der Waals surface area contributed by atoms with Crippen LogP contribution < -0.4 is 0 Å². The molecule has 9 nitrogen and oxygen atoms in total. The molecule has 10 heteroatoms. The first-order chi connectivity index (χ1) is 15.3. The van der Waals surface area contributed by atoms with Crippen molar-refractivity contribution in [3.8, 4) is 0 Å². The largest absolute Gasteiger partial charge is 0.465 e. The van der Waals surface area contributed by atoms with E-state index in [-0.39, 0.29) is 45.7 Å². The molecule has 0 fully saturated rings. The first-order valence-electron chi connectivity index (χ1n) is 10.6. The maximum absolute atomic E-state index is 12.7. The number of carbonyl (C=O) groups excluding carboxylic acids is 5. The number of ether oxygens (including phenoxy) is 4. The first-order valence-corrected chi connectivity index (χ1v) is 12.1. The van der Waals surface area contributed by atoms with E-state index in [0.717, 1.165) is 0 Å². The van der Waals surface area contributed by atoms with Crippen molar-refractivity contribution in [2.24, 2.45) is 10.8 Å². The summed E-state index contributed by atoms with van der Waals surface area (Å²) in [6.07, 6.45) is 2.94. The molecule has 0 aliphatic carbocycles. The lowest BCUT2D eigenvalue weighted by Gasteiger charge is -2.28. The number of carbonyl (C=O) groups is 5. The molecule has 0 rings (SSSR count). The van der Waals surface area contributed by atoms with Crippen LogP contribution in [0.5, 0.6) is 0 Å². The molecule has 0 aliphatic heterocycles. The van der Waals surface area contributed by atoms with Crippen molar-refractivity contribution >= 4 is 52.8 Å². The lowest BCUT2D eigenvalue weighted by atomic mass is 9.79. The van der Waals surface area contributed by atoms with E-state index >= 15 is 0 Å². The van der Waals surface area contributed by atoms with Gasteiger partial charge in [0.2, 0.25) is 0 Å². The van der Waals surface area contributed by atoms with E-state index < -0.39 is 41.1 Å². The second kappa shape index (κ2) is 15.8. The minimum Gasteiger partial charge on any atom is -0.465 e. The predicted octanol–water partition coefficient (Wildman–Crippen LogP) is 2.96. The lowest BCUT2D eigenvalue weighted by Crippen LogP contribution is -2.43. The summed E-state index contributed by atoms with van der Waals surface area (Å²) in [5.74, 6) is -3.14. The molecule has 0 bridgehead atoms. The zero-order chi connectivity index (χ0) is 24.6. The molecule has 0 atom stereocenters. The van der Waals surface area contributed by atoms with E-state index in [1.165, 1.54) is 12.2 Å². The summed E-state index contributed by atoms with van der Waals surface area (Å²) in [6.45, 7) is 6.68. The number of rotatable bonds is 16. The molecule has 0 heterocycles. The molecule has 0 unspecified atom stereocenters. The third kappa shape index (κ3) is 7.86. The average molecular weight is 568 g/mol. The molecule has 0 aromatic carbocycles. The third-order valence-electron chi connectivity index (χ3n) is 4.72. The number of hydrogen-bond donors (Lipinski definition) is 0. The molecule has 0 spiro atoms. The highest BCUT2D eigenvalue weighted by Crippen LogP contribution is 2.34. The summed E-state index contributed by atoms with van der Waals surface area (Å²) < 4.78 is 20.8. The summed E-state index contributed by atoms with van der Waals surface area (Å²) in [5, 5.41) is 0. The number of aldehydes is 1. The van der Waals surface area contributed by atoms with Crippen LogP contribution in [-0.2, 0) is 42.9 Å². The van der Waals surface area contributed by atoms with Gasteiger partial charge in [-0.1, -0.05) is 34.7 Å². The van der Waals surface area contributed by atoms with Crippen molar-refractivity contribution in [2.45, 2.75) is 53.4 Å². The molecule has 0 aromatic heterocycles. The van der Waals surface area contributed by atoms with Gasteiger partial charge in [-0.15, -0.1) is 0 Å². The van der Waals surface area contributed by atoms with Crippen LogP contribution in [0.3, 0.4) is 0 Å². The standard InChI is InChI=1S/C22H33IO9/c1-5-29-17(25)21(13-15-23,18(26)30-6-2)11-9-10-12-22(14-16-24,19(27)31-7-3)20(28)32-8-4/h9-10,16H,5-8,11-15H2,1-4H3/b10-9+. The zero-order valence-electron chi connectivity index (χ0n) is 19.1. The molecular formula is C22H33IO9. The highest BCUT2D eigenvalue weighted by Gasteiger charge is 2.49. The van der Waals surface area contributed by atoms with Crippen LogP contribution in [0.1, 0.15) is 53.4 Å². The molecule has 182 valence electrons. The molecule has 0 aliphatic rings. The summed E-state index contributed by atoms with van der Waals surface area (Å²) in [4.78, 5) is 61.8. The van der Waals surface area contributed by atoms with Gasteiger partial charge in [-0.2, -0.15) is 0 Å². The molecule has 0 saturated heterocycles. The topological polar surface area (TPSA) is 122 Å². The average Bonchev–Trinajstić information content (AvgIpc) is 2.75. The fourth-order valence-corrected chi connectivity index (χ4v) is 3.93. The van der Waals surface area contributed by atoms with E-state index in [2.05, 4.69) is 22.6 Å². The Morgan fingerprint density at radius 2 is 1.00 bits per heavy atom. The molecule has 0 radical (unpaired) electrons. The van der Waals surface area contributed by atoms with Crippen molar-refractivity contribution in [2.75, 3.05) is 30.9 Å². The third-order valence-corrected chi connectivity index (χ3v) is 5.26. The number of alkyl halides is 1. The smallest absolute Gasteiger partial charge is 0.324 e. The number of halogens is 1. The van der Waals surface area contributed by atoms with Gasteiger partial charge in [0.15, 0.2) is 10.8 Å². The highest BCUT2D eigenvalue weighted by molar-refractivity contribution is 14.1. The van der Waals surface area contributed by atoms with Gasteiger partial charge in [-0.05, 0) is 47.0 Å². The molecule has 0 N–H and O–H groups in total. The normalized spacial score (nSPS) is 11.7. The van der Waals surface area contributed by atoms with Crippen molar-refractivity contribution in [1.82, 2.24) is 0 Å².